The van der Waals surface area contributed by atoms with Crippen molar-refractivity contribution in [3.63, 3.8) is 0 Å². The second kappa shape index (κ2) is 14.6. The molecule has 0 aromatic heterocycles. The van der Waals surface area contributed by atoms with Crippen LogP contribution in [0.1, 0.15) is 44.7 Å². The van der Waals surface area contributed by atoms with Crippen LogP contribution < -0.4 is 14.4 Å². The second-order valence-corrected chi connectivity index (χ2v) is 11.5. The highest BCUT2D eigenvalue weighted by atomic mass is 32.2. The molecule has 0 heterocycles. The molecule has 0 aliphatic carbocycles. The van der Waals surface area contributed by atoms with Crippen LogP contribution in [0.4, 0.5) is 10.1 Å². The van der Waals surface area contributed by atoms with Gasteiger partial charge in [-0.15, -0.1) is 0 Å². The Morgan fingerprint density at radius 2 is 1.66 bits per heavy atom. The van der Waals surface area contributed by atoms with E-state index < -0.39 is 34.3 Å². The van der Waals surface area contributed by atoms with Gasteiger partial charge in [-0.05, 0) is 80.8 Å². The third-order valence-corrected chi connectivity index (χ3v) is 8.27. The lowest BCUT2D eigenvalue weighted by molar-refractivity contribution is -0.140. The number of halogens is 1. The molecule has 0 spiro atoms. The normalized spacial score (nSPS) is 11.9. The fourth-order valence-electron chi connectivity index (χ4n) is 4.43. The maximum Gasteiger partial charge on any atom is 0.264 e. The number of benzene rings is 3. The molecule has 0 aliphatic rings. The maximum atomic E-state index is 14.0. The molecule has 3 aromatic carbocycles. The summed E-state index contributed by atoms with van der Waals surface area (Å²) in [7, 11) is -4.27. The number of carbonyl (C=O) groups excluding carboxylic acids is 2. The average molecular weight is 584 g/mol. The lowest BCUT2D eigenvalue weighted by Crippen LogP contribution is -2.52. The largest absolute Gasteiger partial charge is 0.494 e. The summed E-state index contributed by atoms with van der Waals surface area (Å²) in [5, 5.41) is 2.86. The van der Waals surface area contributed by atoms with Crippen molar-refractivity contribution < 1.29 is 27.1 Å². The Labute approximate surface area is 242 Å². The first-order valence-electron chi connectivity index (χ1n) is 13.7. The summed E-state index contributed by atoms with van der Waals surface area (Å²) < 4.78 is 48.0. The zero-order valence-corrected chi connectivity index (χ0v) is 24.8. The van der Waals surface area contributed by atoms with Crippen molar-refractivity contribution in [2.45, 2.75) is 58.0 Å². The van der Waals surface area contributed by atoms with Crippen LogP contribution in [-0.2, 0) is 26.2 Å². The number of nitrogens with zero attached hydrogens (tertiary/aromatic N) is 2. The summed E-state index contributed by atoms with van der Waals surface area (Å²) >= 11 is 0. The van der Waals surface area contributed by atoms with Gasteiger partial charge in [0.1, 0.15) is 24.2 Å². The number of ether oxygens (including phenoxy) is 1. The summed E-state index contributed by atoms with van der Waals surface area (Å²) in [6, 6.07) is 17.5. The number of amides is 2. The zero-order valence-electron chi connectivity index (χ0n) is 24.0. The minimum absolute atomic E-state index is 0.0592. The molecule has 1 N–H and O–H groups in total. The lowest BCUT2D eigenvalue weighted by atomic mass is 10.1. The highest BCUT2D eigenvalue weighted by Crippen LogP contribution is 2.26. The van der Waals surface area contributed by atoms with Crippen LogP contribution in [0.25, 0.3) is 0 Å². The molecule has 0 fully saturated rings. The monoisotopic (exact) mass is 583 g/mol. The van der Waals surface area contributed by atoms with Crippen molar-refractivity contribution in [1.29, 1.82) is 0 Å². The first-order chi connectivity index (χ1) is 19.6. The number of nitrogens with one attached hydrogen (secondary N) is 1. The summed E-state index contributed by atoms with van der Waals surface area (Å²) in [6.45, 7) is 7.88. The molecule has 10 heteroatoms. The molecule has 41 heavy (non-hydrogen) atoms. The molecule has 0 saturated carbocycles. The Morgan fingerprint density at radius 3 is 2.24 bits per heavy atom. The lowest BCUT2D eigenvalue weighted by Gasteiger charge is -2.33. The highest BCUT2D eigenvalue weighted by Gasteiger charge is 2.33. The van der Waals surface area contributed by atoms with E-state index in [0.717, 1.165) is 34.0 Å². The minimum Gasteiger partial charge on any atom is -0.494 e. The van der Waals surface area contributed by atoms with Gasteiger partial charge in [0.15, 0.2) is 0 Å². The van der Waals surface area contributed by atoms with Gasteiger partial charge in [-0.1, -0.05) is 43.7 Å². The van der Waals surface area contributed by atoms with Gasteiger partial charge >= 0.3 is 0 Å². The number of carbonyl (C=O) groups is 2. The topological polar surface area (TPSA) is 96.0 Å². The third kappa shape index (κ3) is 8.29. The van der Waals surface area contributed by atoms with Crippen LogP contribution in [0, 0.1) is 12.7 Å². The highest BCUT2D eigenvalue weighted by molar-refractivity contribution is 7.92. The molecular formula is C31H38FN3O5S. The van der Waals surface area contributed by atoms with E-state index in [9.17, 15) is 22.4 Å². The molecule has 0 aliphatic heterocycles. The maximum absolute atomic E-state index is 14.0. The summed E-state index contributed by atoms with van der Waals surface area (Å²) in [6.07, 6.45) is 1.06. The second-order valence-electron chi connectivity index (χ2n) is 9.62. The molecule has 0 saturated heterocycles. The molecule has 0 bridgehead atoms. The average Bonchev–Trinajstić information content (AvgIpc) is 2.95. The van der Waals surface area contributed by atoms with Gasteiger partial charge in [0.25, 0.3) is 10.0 Å². The van der Waals surface area contributed by atoms with Gasteiger partial charge in [-0.2, -0.15) is 0 Å². The Morgan fingerprint density at radius 1 is 0.976 bits per heavy atom. The Balaban J connectivity index is 2.04. The van der Waals surface area contributed by atoms with E-state index in [0.29, 0.717) is 25.3 Å². The van der Waals surface area contributed by atoms with Gasteiger partial charge in [-0.25, -0.2) is 12.8 Å². The van der Waals surface area contributed by atoms with Crippen LogP contribution in [-0.4, -0.2) is 50.9 Å². The van der Waals surface area contributed by atoms with Crippen molar-refractivity contribution in [3.05, 3.63) is 89.7 Å². The molecule has 0 radical (unpaired) electrons. The number of hydrogen-bond donors (Lipinski definition) is 1. The van der Waals surface area contributed by atoms with E-state index in [4.69, 9.17) is 4.74 Å². The third-order valence-electron chi connectivity index (χ3n) is 6.49. The van der Waals surface area contributed by atoms with Gasteiger partial charge in [0.05, 0.1) is 17.2 Å². The Hall–Kier alpha value is -3.92. The molecule has 2 amide bonds. The molecular weight excluding hydrogens is 545 g/mol. The quantitative estimate of drug-likeness (QED) is 0.286. The summed E-state index contributed by atoms with van der Waals surface area (Å²) in [5.41, 5.74) is 1.92. The number of anilines is 1. The number of aryl methyl sites for hydroxylation is 1. The fraction of sp³-hybridized carbons (Fsp3) is 0.355. The first-order valence-corrected chi connectivity index (χ1v) is 15.2. The van der Waals surface area contributed by atoms with Crippen molar-refractivity contribution in [3.8, 4) is 5.75 Å². The predicted molar refractivity (Wildman–Crippen MR) is 158 cm³/mol. The molecule has 3 aromatic rings. The molecule has 3 rings (SSSR count). The zero-order chi connectivity index (χ0) is 30.0. The van der Waals surface area contributed by atoms with Crippen molar-refractivity contribution >= 4 is 27.5 Å². The molecule has 8 nitrogen and oxygen atoms in total. The van der Waals surface area contributed by atoms with E-state index in [1.807, 2.05) is 45.0 Å². The van der Waals surface area contributed by atoms with Crippen LogP contribution in [0.5, 0.6) is 5.75 Å². The Kier molecular flexibility index (Phi) is 11.3. The van der Waals surface area contributed by atoms with Crippen LogP contribution >= 0.6 is 0 Å². The number of rotatable bonds is 14. The van der Waals surface area contributed by atoms with E-state index >= 15 is 0 Å². The fourth-order valence-corrected chi connectivity index (χ4v) is 5.84. The van der Waals surface area contributed by atoms with Gasteiger partial charge < -0.3 is 15.0 Å². The van der Waals surface area contributed by atoms with Gasteiger partial charge in [-0.3, -0.25) is 13.9 Å². The SMILES string of the molecule is CCCNC(=O)C(CC)N(Cc1cccc(C)c1)C(=O)CN(c1ccc(F)cc1)S(=O)(=O)c1ccc(OCC)cc1. The number of sulfonamides is 1. The van der Waals surface area contributed by atoms with E-state index in [1.165, 1.54) is 41.3 Å². The van der Waals surface area contributed by atoms with E-state index in [1.54, 1.807) is 6.92 Å². The van der Waals surface area contributed by atoms with E-state index in [-0.39, 0.29) is 23.0 Å². The van der Waals surface area contributed by atoms with Gasteiger partial charge in [0.2, 0.25) is 11.8 Å². The summed E-state index contributed by atoms with van der Waals surface area (Å²) in [4.78, 5) is 28.5. The van der Waals surface area contributed by atoms with Crippen LogP contribution in [0.3, 0.4) is 0 Å². The van der Waals surface area contributed by atoms with Crippen molar-refractivity contribution in [2.75, 3.05) is 24.0 Å². The molecule has 220 valence electrons. The van der Waals surface area contributed by atoms with E-state index in [2.05, 4.69) is 5.32 Å². The molecule has 1 unspecified atom stereocenters. The molecule has 1 atom stereocenters. The summed E-state index contributed by atoms with van der Waals surface area (Å²) in [5.74, 6) is -0.913. The first kappa shape index (κ1) is 31.6. The van der Waals surface area contributed by atoms with Crippen molar-refractivity contribution in [1.82, 2.24) is 10.2 Å². The van der Waals surface area contributed by atoms with Crippen molar-refractivity contribution in [2.24, 2.45) is 0 Å². The minimum atomic E-state index is -4.27. The Bertz CT molecular complexity index is 1410. The predicted octanol–water partition coefficient (Wildman–Crippen LogP) is 5.06. The smallest absolute Gasteiger partial charge is 0.264 e. The number of hydrogen-bond acceptors (Lipinski definition) is 5. The van der Waals surface area contributed by atoms with Gasteiger partial charge in [0, 0.05) is 13.1 Å². The van der Waals surface area contributed by atoms with Crippen LogP contribution in [0.2, 0.25) is 0 Å². The standard InChI is InChI=1S/C31H38FN3O5S/c1-5-19-33-31(37)29(6-2)34(21-24-10-8-9-23(4)20-24)30(36)22-35(26-13-11-25(32)12-14-26)41(38,39)28-17-15-27(16-18-28)40-7-3/h8-18,20,29H,5-7,19,21-22H2,1-4H3,(H,33,37). The van der Waals surface area contributed by atoms with Crippen LogP contribution in [0.15, 0.2) is 77.7 Å².